The highest BCUT2D eigenvalue weighted by Gasteiger charge is 2.65. The summed E-state index contributed by atoms with van der Waals surface area (Å²) >= 11 is 0. The Morgan fingerprint density at radius 3 is 2.26 bits per heavy atom. The van der Waals surface area contributed by atoms with Gasteiger partial charge in [-0.3, -0.25) is 9.18 Å². The van der Waals surface area contributed by atoms with E-state index < -0.39 is 11.6 Å². The van der Waals surface area contributed by atoms with Crippen molar-refractivity contribution in [1.29, 1.82) is 0 Å². The SMILES string of the molecule is C=CC.CC1(O)CCN(CCNC23CCCC2C2CCC4C(C)(CCC5C(C)(C)C(C6=CCC(C(=O)O)CC6)=CCC54C)C2CC3)CC1.CF. The number of hydrogen-bond donors (Lipinski definition) is 3. The molecule has 7 rings (SSSR count). The summed E-state index contributed by atoms with van der Waals surface area (Å²) in [6, 6.07) is 0. The van der Waals surface area contributed by atoms with Gasteiger partial charge in [-0.05, 0) is 161 Å². The van der Waals surface area contributed by atoms with E-state index in [9.17, 15) is 19.4 Å². The number of carboxylic acids is 1. The van der Waals surface area contributed by atoms with E-state index in [1.165, 1.54) is 69.8 Å². The molecule has 284 valence electrons. The molecule has 0 amide bonds. The molecule has 0 aromatic rings. The van der Waals surface area contributed by atoms with Crippen molar-refractivity contribution >= 4 is 5.97 Å². The van der Waals surface area contributed by atoms with Crippen LogP contribution in [0.4, 0.5) is 4.39 Å². The van der Waals surface area contributed by atoms with Gasteiger partial charge in [0.15, 0.2) is 0 Å². The average molecular weight is 697 g/mol. The Balaban J connectivity index is 0.000000924. The Morgan fingerprint density at radius 2 is 1.62 bits per heavy atom. The lowest BCUT2D eigenvalue weighted by Crippen LogP contribution is -2.64. The fourth-order valence-electron chi connectivity index (χ4n) is 13.7. The molecule has 0 aromatic carbocycles. The fourth-order valence-corrected chi connectivity index (χ4v) is 13.7. The zero-order chi connectivity index (χ0) is 36.5. The highest BCUT2D eigenvalue weighted by Crippen LogP contribution is 2.72. The van der Waals surface area contributed by atoms with E-state index in [-0.39, 0.29) is 11.3 Å². The van der Waals surface area contributed by atoms with E-state index in [4.69, 9.17) is 0 Å². The van der Waals surface area contributed by atoms with Crippen molar-refractivity contribution in [2.24, 2.45) is 51.8 Å². The number of carbonyl (C=O) groups is 1. The van der Waals surface area contributed by atoms with Gasteiger partial charge in [0.2, 0.25) is 0 Å². The summed E-state index contributed by atoms with van der Waals surface area (Å²) in [5.41, 5.74) is 3.87. The van der Waals surface area contributed by atoms with Crippen molar-refractivity contribution in [3.63, 3.8) is 0 Å². The topological polar surface area (TPSA) is 72.8 Å². The average Bonchev–Trinajstić information content (AvgIpc) is 3.51. The molecule has 4 saturated carbocycles. The van der Waals surface area contributed by atoms with Crippen molar-refractivity contribution in [2.45, 2.75) is 149 Å². The van der Waals surface area contributed by atoms with Crippen molar-refractivity contribution in [1.82, 2.24) is 10.2 Å². The lowest BCUT2D eigenvalue weighted by molar-refractivity contribution is -0.175. The van der Waals surface area contributed by atoms with Crippen LogP contribution in [0.25, 0.3) is 0 Å². The van der Waals surface area contributed by atoms with Gasteiger partial charge in [0.25, 0.3) is 0 Å². The van der Waals surface area contributed by atoms with Crippen LogP contribution < -0.4 is 5.32 Å². The number of fused-ring (bicyclic) bond motifs is 7. The second-order valence-electron chi connectivity index (χ2n) is 19.0. The zero-order valence-electron chi connectivity index (χ0n) is 33.0. The van der Waals surface area contributed by atoms with Gasteiger partial charge in [-0.2, -0.15) is 0 Å². The monoisotopic (exact) mass is 697 g/mol. The molecule has 6 heteroatoms. The molecule has 0 bridgehead atoms. The minimum absolute atomic E-state index is 0.147. The van der Waals surface area contributed by atoms with Crippen molar-refractivity contribution in [3.8, 4) is 0 Å². The summed E-state index contributed by atoms with van der Waals surface area (Å²) in [6.07, 6.45) is 24.7. The number of hydrogen-bond acceptors (Lipinski definition) is 4. The first kappa shape index (κ1) is 39.7. The number of aliphatic carboxylic acids is 1. The number of aliphatic hydroxyl groups is 1. The number of nitrogens with one attached hydrogen (secondary N) is 1. The second kappa shape index (κ2) is 15.5. The summed E-state index contributed by atoms with van der Waals surface area (Å²) in [6.45, 7) is 22.1. The van der Waals surface area contributed by atoms with Gasteiger partial charge in [0, 0.05) is 31.7 Å². The summed E-state index contributed by atoms with van der Waals surface area (Å²) in [5, 5.41) is 24.2. The molecular formula is C44H73FN2O3. The number of allylic oxidation sites excluding steroid dienone is 5. The molecule has 1 heterocycles. The van der Waals surface area contributed by atoms with Gasteiger partial charge < -0.3 is 20.4 Å². The van der Waals surface area contributed by atoms with Gasteiger partial charge in [0.05, 0.1) is 18.7 Å². The molecule has 3 N–H and O–H groups in total. The number of carboxylic acid groups (broad SMARTS) is 1. The second-order valence-corrected chi connectivity index (χ2v) is 19.0. The maximum atomic E-state index is 11.6. The van der Waals surface area contributed by atoms with E-state index >= 15 is 0 Å². The molecule has 0 spiro atoms. The molecule has 50 heavy (non-hydrogen) atoms. The summed E-state index contributed by atoms with van der Waals surface area (Å²) in [7, 11) is 0.500. The standard InChI is InChI=1S/C40H64N2O3.C3H6.CH3F/c1-36(2)30(27-8-10-28(11-9-27)35(43)44)14-18-39(5)33(36)16-19-38(4)31-15-20-40(17-6-7-32(40)29(31)12-13-34(38)39)41-23-26-42-24-21-37(3,45)22-25-42;1-3-2;1-2/h8,14,28-29,31-34,41,45H,6-7,9-13,15-26H2,1-5H3,(H,43,44);3H,1H2,2H3;1H3. The van der Waals surface area contributed by atoms with Crippen LogP contribution in [0.3, 0.4) is 0 Å². The minimum atomic E-state index is -0.626. The molecule has 1 saturated heterocycles. The van der Waals surface area contributed by atoms with E-state index in [2.05, 4.69) is 56.6 Å². The maximum absolute atomic E-state index is 11.6. The first-order valence-corrected chi connectivity index (χ1v) is 20.5. The summed E-state index contributed by atoms with van der Waals surface area (Å²) < 4.78 is 9.50. The van der Waals surface area contributed by atoms with Gasteiger partial charge in [0.1, 0.15) is 0 Å². The minimum Gasteiger partial charge on any atom is -0.481 e. The largest absolute Gasteiger partial charge is 0.481 e. The maximum Gasteiger partial charge on any atom is 0.306 e. The predicted octanol–water partition coefficient (Wildman–Crippen LogP) is 9.77. The molecule has 9 atom stereocenters. The number of alkyl halides is 1. The zero-order valence-corrected chi connectivity index (χ0v) is 33.0. The first-order valence-electron chi connectivity index (χ1n) is 20.5. The number of halogens is 1. The lowest BCUT2D eigenvalue weighted by atomic mass is 9.37. The van der Waals surface area contributed by atoms with Crippen LogP contribution in [0, 0.1) is 51.8 Å². The highest BCUT2D eigenvalue weighted by molar-refractivity contribution is 5.70. The molecule has 7 aliphatic rings. The van der Waals surface area contributed by atoms with Gasteiger partial charge in [-0.15, -0.1) is 6.58 Å². The number of likely N-dealkylation sites (tertiary alicyclic amines) is 1. The van der Waals surface area contributed by atoms with Crippen LogP contribution in [0.2, 0.25) is 0 Å². The molecule has 5 nitrogen and oxygen atoms in total. The third kappa shape index (κ3) is 7.22. The van der Waals surface area contributed by atoms with E-state index in [0.29, 0.717) is 35.9 Å². The summed E-state index contributed by atoms with van der Waals surface area (Å²) in [4.78, 5) is 14.2. The fraction of sp³-hybridized carbons (Fsp3) is 0.841. The van der Waals surface area contributed by atoms with Crippen LogP contribution in [0.15, 0.2) is 36.0 Å². The Labute approximate surface area is 305 Å². The van der Waals surface area contributed by atoms with Crippen LogP contribution in [-0.4, -0.2) is 65.6 Å². The van der Waals surface area contributed by atoms with Gasteiger partial charge in [-0.1, -0.05) is 52.3 Å². The van der Waals surface area contributed by atoms with Crippen molar-refractivity contribution < 1.29 is 19.4 Å². The van der Waals surface area contributed by atoms with E-state index in [0.717, 1.165) is 75.5 Å². The third-order valence-corrected chi connectivity index (χ3v) is 16.0. The van der Waals surface area contributed by atoms with Crippen molar-refractivity contribution in [3.05, 3.63) is 36.0 Å². The van der Waals surface area contributed by atoms with E-state index in [1.54, 1.807) is 11.6 Å². The predicted molar refractivity (Wildman–Crippen MR) is 205 cm³/mol. The van der Waals surface area contributed by atoms with Crippen LogP contribution >= 0.6 is 0 Å². The summed E-state index contributed by atoms with van der Waals surface area (Å²) in [5.74, 6) is 3.29. The van der Waals surface area contributed by atoms with Gasteiger partial charge >= 0.3 is 5.97 Å². The van der Waals surface area contributed by atoms with Gasteiger partial charge in [-0.25, -0.2) is 0 Å². The lowest BCUT2D eigenvalue weighted by Gasteiger charge is -2.68. The molecule has 0 aromatic heterocycles. The van der Waals surface area contributed by atoms with Crippen LogP contribution in [0.5, 0.6) is 0 Å². The van der Waals surface area contributed by atoms with Crippen LogP contribution in [0.1, 0.15) is 138 Å². The Kier molecular flexibility index (Phi) is 12.3. The third-order valence-electron chi connectivity index (χ3n) is 16.0. The molecule has 0 radical (unpaired) electrons. The Bertz CT molecular complexity index is 1260. The van der Waals surface area contributed by atoms with E-state index in [1.807, 2.05) is 13.8 Å². The number of rotatable bonds is 6. The number of nitrogens with zero attached hydrogens (tertiary/aromatic N) is 1. The Hall–Kier alpha value is -1.50. The van der Waals surface area contributed by atoms with Crippen LogP contribution in [-0.2, 0) is 4.79 Å². The molecule has 5 fully saturated rings. The molecule has 1 aliphatic heterocycles. The molecule has 6 aliphatic carbocycles. The normalized spacial score (nSPS) is 41.5. The first-order chi connectivity index (χ1) is 23.7. The van der Waals surface area contributed by atoms with Crippen molar-refractivity contribution in [2.75, 3.05) is 33.4 Å². The smallest absolute Gasteiger partial charge is 0.306 e. The molecule has 9 unspecified atom stereocenters. The Morgan fingerprint density at radius 1 is 0.920 bits per heavy atom. The highest BCUT2D eigenvalue weighted by atomic mass is 19.1. The molecular weight excluding hydrogens is 623 g/mol. The number of piperidine rings is 1. The quantitative estimate of drug-likeness (QED) is 0.241.